The van der Waals surface area contributed by atoms with E-state index in [2.05, 4.69) is 12.2 Å². The van der Waals surface area contributed by atoms with Gasteiger partial charge in [-0.05, 0) is 42.8 Å². The van der Waals surface area contributed by atoms with Crippen LogP contribution in [0.15, 0.2) is 54.6 Å². The molecule has 0 atom stereocenters. The van der Waals surface area contributed by atoms with Crippen molar-refractivity contribution in [2.75, 3.05) is 12.4 Å². The van der Waals surface area contributed by atoms with Gasteiger partial charge in [0.05, 0.1) is 18.5 Å². The lowest BCUT2D eigenvalue weighted by Gasteiger charge is -2.09. The Morgan fingerprint density at radius 3 is 2.46 bits per heavy atom. The van der Waals surface area contributed by atoms with Crippen LogP contribution in [0.25, 0.3) is 16.9 Å². The lowest BCUT2D eigenvalue weighted by molar-refractivity contribution is -0.116. The molecule has 3 rings (SSSR count). The van der Waals surface area contributed by atoms with Crippen LogP contribution in [0.4, 0.5) is 5.82 Å². The molecule has 0 saturated carbocycles. The van der Waals surface area contributed by atoms with Gasteiger partial charge >= 0.3 is 0 Å². The molecule has 0 fully saturated rings. The number of carbonyl (C=O) groups excluding carboxylic acids is 1. The van der Waals surface area contributed by atoms with Crippen LogP contribution in [0.2, 0.25) is 5.02 Å². The predicted molar refractivity (Wildman–Crippen MR) is 113 cm³/mol. The molecule has 0 unspecified atom stereocenters. The van der Waals surface area contributed by atoms with Gasteiger partial charge in [-0.25, -0.2) is 4.68 Å². The maximum absolute atomic E-state index is 12.4. The van der Waals surface area contributed by atoms with Gasteiger partial charge in [0, 0.05) is 23.1 Å². The first-order valence-corrected chi connectivity index (χ1v) is 9.79. The summed E-state index contributed by atoms with van der Waals surface area (Å²) in [5.74, 6) is 1.39. The molecule has 0 radical (unpaired) electrons. The van der Waals surface area contributed by atoms with E-state index in [1.807, 2.05) is 54.6 Å². The van der Waals surface area contributed by atoms with E-state index in [0.29, 0.717) is 17.3 Å². The maximum Gasteiger partial charge on any atom is 0.225 e. The average molecular weight is 398 g/mol. The second kappa shape index (κ2) is 9.42. The molecule has 0 saturated heterocycles. The molecule has 0 aliphatic rings. The Bertz CT molecular complexity index is 918. The minimum absolute atomic E-state index is 0.00855. The van der Waals surface area contributed by atoms with Crippen molar-refractivity contribution in [2.45, 2.75) is 32.6 Å². The molecule has 1 amide bonds. The molecule has 6 heteroatoms. The van der Waals surface area contributed by atoms with Crippen LogP contribution in [0.1, 0.15) is 32.6 Å². The number of aromatic nitrogens is 2. The summed E-state index contributed by atoms with van der Waals surface area (Å²) in [5, 5.41) is 8.37. The number of hydrogen-bond acceptors (Lipinski definition) is 3. The molecule has 1 aromatic heterocycles. The third-order valence-electron chi connectivity index (χ3n) is 4.44. The zero-order valence-corrected chi connectivity index (χ0v) is 16.9. The van der Waals surface area contributed by atoms with Crippen molar-refractivity contribution in [3.05, 3.63) is 59.6 Å². The zero-order chi connectivity index (χ0) is 19.9. The highest BCUT2D eigenvalue weighted by molar-refractivity contribution is 6.30. The zero-order valence-electron chi connectivity index (χ0n) is 16.1. The fourth-order valence-corrected chi connectivity index (χ4v) is 3.02. The molecule has 5 nitrogen and oxygen atoms in total. The number of anilines is 1. The van der Waals surface area contributed by atoms with Crippen LogP contribution < -0.4 is 10.1 Å². The number of nitrogens with one attached hydrogen (secondary N) is 1. The number of rotatable bonds is 8. The van der Waals surface area contributed by atoms with Crippen molar-refractivity contribution in [1.82, 2.24) is 9.78 Å². The van der Waals surface area contributed by atoms with Crippen LogP contribution in [0, 0.1) is 0 Å². The highest BCUT2D eigenvalue weighted by atomic mass is 35.5. The number of hydrogen-bond donors (Lipinski definition) is 1. The Morgan fingerprint density at radius 1 is 1.11 bits per heavy atom. The van der Waals surface area contributed by atoms with E-state index in [-0.39, 0.29) is 5.91 Å². The molecule has 3 aromatic rings. The summed E-state index contributed by atoms with van der Waals surface area (Å²) in [6, 6.07) is 16.9. The Balaban J connectivity index is 1.92. The molecule has 1 N–H and O–H groups in total. The minimum atomic E-state index is -0.00855. The van der Waals surface area contributed by atoms with Crippen LogP contribution in [0.3, 0.4) is 0 Å². The topological polar surface area (TPSA) is 56.2 Å². The van der Waals surface area contributed by atoms with Crippen molar-refractivity contribution in [3.63, 3.8) is 0 Å². The summed E-state index contributed by atoms with van der Waals surface area (Å²) in [5.41, 5.74) is 2.53. The number of nitrogens with zero attached hydrogens (tertiary/aromatic N) is 2. The Morgan fingerprint density at radius 2 is 1.82 bits per heavy atom. The number of unbranched alkanes of at least 4 members (excludes halogenated alkanes) is 2. The number of ether oxygens (including phenoxy) is 1. The normalized spacial score (nSPS) is 10.7. The van der Waals surface area contributed by atoms with Gasteiger partial charge in [-0.1, -0.05) is 43.5 Å². The number of benzene rings is 2. The first-order valence-electron chi connectivity index (χ1n) is 9.41. The van der Waals surface area contributed by atoms with Crippen LogP contribution >= 0.6 is 11.6 Å². The standard InChI is InChI=1S/C22H24ClN3O2/c1-3-4-5-6-22(27)24-21-15-20(16-7-9-17(23)10-8-16)25-26(21)18-11-13-19(28-2)14-12-18/h7-15H,3-6H2,1-2H3,(H,24,27). The van der Waals surface area contributed by atoms with E-state index in [4.69, 9.17) is 21.4 Å². The van der Waals surface area contributed by atoms with E-state index in [1.165, 1.54) is 0 Å². The fourth-order valence-electron chi connectivity index (χ4n) is 2.89. The highest BCUT2D eigenvalue weighted by Crippen LogP contribution is 2.27. The molecule has 28 heavy (non-hydrogen) atoms. The lowest BCUT2D eigenvalue weighted by atomic mass is 10.1. The molecule has 1 heterocycles. The van der Waals surface area contributed by atoms with Gasteiger partial charge in [-0.3, -0.25) is 4.79 Å². The minimum Gasteiger partial charge on any atom is -0.497 e. The van der Waals surface area contributed by atoms with Gasteiger partial charge in [-0.2, -0.15) is 5.10 Å². The van der Waals surface area contributed by atoms with Gasteiger partial charge in [0.25, 0.3) is 0 Å². The van der Waals surface area contributed by atoms with Gasteiger partial charge < -0.3 is 10.1 Å². The van der Waals surface area contributed by atoms with Gasteiger partial charge in [-0.15, -0.1) is 0 Å². The number of methoxy groups -OCH3 is 1. The van der Waals surface area contributed by atoms with Crippen LogP contribution in [0.5, 0.6) is 5.75 Å². The fraction of sp³-hybridized carbons (Fsp3) is 0.273. The number of amides is 1. The predicted octanol–water partition coefficient (Wildman–Crippen LogP) is 5.72. The van der Waals surface area contributed by atoms with Crippen molar-refractivity contribution >= 4 is 23.3 Å². The number of carbonyl (C=O) groups is 1. The van der Waals surface area contributed by atoms with E-state index >= 15 is 0 Å². The molecule has 0 bridgehead atoms. The second-order valence-corrected chi connectivity index (χ2v) is 6.97. The molecule has 146 valence electrons. The summed E-state index contributed by atoms with van der Waals surface area (Å²) in [7, 11) is 1.63. The molecular weight excluding hydrogens is 374 g/mol. The maximum atomic E-state index is 12.4. The lowest BCUT2D eigenvalue weighted by Crippen LogP contribution is -2.14. The summed E-state index contributed by atoms with van der Waals surface area (Å²) in [4.78, 5) is 12.4. The van der Waals surface area contributed by atoms with E-state index in [0.717, 1.165) is 42.0 Å². The van der Waals surface area contributed by atoms with Crippen molar-refractivity contribution in [1.29, 1.82) is 0 Å². The van der Waals surface area contributed by atoms with Crippen LogP contribution in [-0.2, 0) is 4.79 Å². The smallest absolute Gasteiger partial charge is 0.225 e. The van der Waals surface area contributed by atoms with Crippen molar-refractivity contribution in [2.24, 2.45) is 0 Å². The van der Waals surface area contributed by atoms with E-state index < -0.39 is 0 Å². The molecule has 2 aromatic carbocycles. The highest BCUT2D eigenvalue weighted by Gasteiger charge is 2.14. The average Bonchev–Trinajstić information content (AvgIpc) is 3.12. The number of halogens is 1. The van der Waals surface area contributed by atoms with E-state index in [9.17, 15) is 4.79 Å². The molecule has 0 aliphatic heterocycles. The first kappa shape index (κ1) is 20.0. The Kier molecular flexibility index (Phi) is 6.71. The Labute approximate surface area is 170 Å². The monoisotopic (exact) mass is 397 g/mol. The quantitative estimate of drug-likeness (QED) is 0.494. The molecule has 0 spiro atoms. The van der Waals surface area contributed by atoms with Crippen molar-refractivity contribution < 1.29 is 9.53 Å². The van der Waals surface area contributed by atoms with E-state index in [1.54, 1.807) is 11.8 Å². The SMILES string of the molecule is CCCCCC(=O)Nc1cc(-c2ccc(Cl)cc2)nn1-c1ccc(OC)cc1. The Hall–Kier alpha value is -2.79. The van der Waals surface area contributed by atoms with Crippen molar-refractivity contribution in [3.8, 4) is 22.7 Å². The van der Waals surface area contributed by atoms with Gasteiger partial charge in [0.15, 0.2) is 0 Å². The largest absolute Gasteiger partial charge is 0.497 e. The summed E-state index contributed by atoms with van der Waals surface area (Å²) in [6.07, 6.45) is 3.50. The molecular formula is C22H24ClN3O2. The second-order valence-electron chi connectivity index (χ2n) is 6.54. The third kappa shape index (κ3) is 4.93. The summed E-state index contributed by atoms with van der Waals surface area (Å²) in [6.45, 7) is 2.12. The molecule has 0 aliphatic carbocycles. The summed E-state index contributed by atoms with van der Waals surface area (Å²) >= 11 is 5.99. The van der Waals surface area contributed by atoms with Gasteiger partial charge in [0.2, 0.25) is 5.91 Å². The summed E-state index contributed by atoms with van der Waals surface area (Å²) < 4.78 is 6.97. The van der Waals surface area contributed by atoms with Gasteiger partial charge in [0.1, 0.15) is 11.6 Å². The third-order valence-corrected chi connectivity index (χ3v) is 4.69. The first-order chi connectivity index (χ1) is 13.6. The van der Waals surface area contributed by atoms with Crippen LogP contribution in [-0.4, -0.2) is 22.8 Å².